The average Bonchev–Trinajstić information content (AvgIpc) is 3.16. The van der Waals surface area contributed by atoms with E-state index in [2.05, 4.69) is 29.5 Å². The molecule has 0 saturated heterocycles. The van der Waals surface area contributed by atoms with Crippen LogP contribution in [0.5, 0.6) is 0 Å². The minimum atomic E-state index is -0.485. The molecule has 1 saturated carbocycles. The molecule has 1 aliphatic rings. The topological polar surface area (TPSA) is 65.9 Å². The first kappa shape index (κ1) is 16.2. The number of nitrogens with zero attached hydrogens (tertiary/aromatic N) is 1. The molecule has 1 unspecified atom stereocenters. The highest BCUT2D eigenvalue weighted by Gasteiger charge is 2.21. The van der Waals surface area contributed by atoms with Crippen LogP contribution < -0.4 is 10.6 Å². The standard InChI is InChI=1S/C14H29N3O2/c1-4-15-14(16-7-11(2)3)17-8-13(18)10-19-9-12-5-6-12/h11-13,18H,4-10H2,1-3H3,(H2,15,16,17). The summed E-state index contributed by atoms with van der Waals surface area (Å²) in [6.45, 7) is 9.55. The highest BCUT2D eigenvalue weighted by Crippen LogP contribution is 2.28. The Morgan fingerprint density at radius 1 is 1.37 bits per heavy atom. The Morgan fingerprint density at radius 2 is 2.11 bits per heavy atom. The van der Waals surface area contributed by atoms with Gasteiger partial charge in [-0.25, -0.2) is 0 Å². The van der Waals surface area contributed by atoms with Crippen molar-refractivity contribution < 1.29 is 9.84 Å². The fourth-order valence-corrected chi connectivity index (χ4v) is 1.54. The Hall–Kier alpha value is -0.810. The summed E-state index contributed by atoms with van der Waals surface area (Å²) in [5.41, 5.74) is 0. The second-order valence-corrected chi connectivity index (χ2v) is 5.63. The van der Waals surface area contributed by atoms with E-state index in [1.54, 1.807) is 0 Å². The lowest BCUT2D eigenvalue weighted by Crippen LogP contribution is -2.42. The fraction of sp³-hybridized carbons (Fsp3) is 0.929. The van der Waals surface area contributed by atoms with Crippen LogP contribution in [0.3, 0.4) is 0 Å². The van der Waals surface area contributed by atoms with Gasteiger partial charge in [-0.2, -0.15) is 0 Å². The minimum Gasteiger partial charge on any atom is -0.389 e. The zero-order valence-electron chi connectivity index (χ0n) is 12.5. The summed E-state index contributed by atoms with van der Waals surface area (Å²) in [4.78, 5) is 4.45. The van der Waals surface area contributed by atoms with Crippen molar-refractivity contribution in [3.8, 4) is 0 Å². The quantitative estimate of drug-likeness (QED) is 0.432. The van der Waals surface area contributed by atoms with Gasteiger partial charge in [0.1, 0.15) is 0 Å². The van der Waals surface area contributed by atoms with Crippen molar-refractivity contribution in [1.82, 2.24) is 10.6 Å². The Morgan fingerprint density at radius 3 is 2.68 bits per heavy atom. The first-order valence-electron chi connectivity index (χ1n) is 7.39. The van der Waals surface area contributed by atoms with E-state index in [4.69, 9.17) is 4.74 Å². The van der Waals surface area contributed by atoms with Gasteiger partial charge in [-0.05, 0) is 31.6 Å². The average molecular weight is 271 g/mol. The van der Waals surface area contributed by atoms with E-state index in [-0.39, 0.29) is 0 Å². The molecule has 0 aromatic heterocycles. The lowest BCUT2D eigenvalue weighted by Gasteiger charge is -2.15. The molecule has 5 heteroatoms. The van der Waals surface area contributed by atoms with Crippen LogP contribution in [-0.4, -0.2) is 50.0 Å². The van der Waals surface area contributed by atoms with E-state index in [9.17, 15) is 5.11 Å². The summed E-state index contributed by atoms with van der Waals surface area (Å²) in [5, 5.41) is 16.1. The van der Waals surface area contributed by atoms with Crippen molar-refractivity contribution in [2.45, 2.75) is 39.7 Å². The molecule has 0 aromatic rings. The molecule has 0 spiro atoms. The number of ether oxygens (including phenoxy) is 1. The smallest absolute Gasteiger partial charge is 0.191 e. The molecule has 1 fully saturated rings. The van der Waals surface area contributed by atoms with Gasteiger partial charge in [-0.15, -0.1) is 0 Å². The lowest BCUT2D eigenvalue weighted by atomic mass is 10.2. The maximum Gasteiger partial charge on any atom is 0.191 e. The van der Waals surface area contributed by atoms with Gasteiger partial charge < -0.3 is 20.5 Å². The van der Waals surface area contributed by atoms with E-state index in [0.29, 0.717) is 19.1 Å². The normalized spacial score (nSPS) is 17.6. The number of aliphatic imine (C=N–C) groups is 1. The molecule has 0 heterocycles. The third-order valence-corrected chi connectivity index (χ3v) is 2.82. The highest BCUT2D eigenvalue weighted by molar-refractivity contribution is 5.79. The molecule has 5 nitrogen and oxygen atoms in total. The molecule has 0 amide bonds. The van der Waals surface area contributed by atoms with Crippen LogP contribution in [0.2, 0.25) is 0 Å². The molecule has 3 N–H and O–H groups in total. The zero-order valence-corrected chi connectivity index (χ0v) is 12.5. The predicted octanol–water partition coefficient (Wildman–Crippen LogP) is 0.985. The maximum absolute atomic E-state index is 9.81. The molecule has 19 heavy (non-hydrogen) atoms. The number of guanidine groups is 1. The van der Waals surface area contributed by atoms with Gasteiger partial charge in [0.05, 0.1) is 12.7 Å². The van der Waals surface area contributed by atoms with Crippen LogP contribution in [0, 0.1) is 11.8 Å². The van der Waals surface area contributed by atoms with Gasteiger partial charge in [0.15, 0.2) is 5.96 Å². The van der Waals surface area contributed by atoms with Crippen molar-refractivity contribution in [3.63, 3.8) is 0 Å². The number of hydrogen-bond acceptors (Lipinski definition) is 3. The van der Waals surface area contributed by atoms with Crippen LogP contribution in [-0.2, 0) is 4.74 Å². The number of aliphatic hydroxyl groups is 1. The Kier molecular flexibility index (Phi) is 7.82. The first-order chi connectivity index (χ1) is 9.11. The molecule has 0 aromatic carbocycles. The van der Waals surface area contributed by atoms with Crippen molar-refractivity contribution in [1.29, 1.82) is 0 Å². The lowest BCUT2D eigenvalue weighted by molar-refractivity contribution is 0.0345. The largest absolute Gasteiger partial charge is 0.389 e. The Balaban J connectivity index is 2.15. The molecular weight excluding hydrogens is 242 g/mol. The minimum absolute atomic E-state index is 0.396. The van der Waals surface area contributed by atoms with Crippen LogP contribution >= 0.6 is 0 Å². The summed E-state index contributed by atoms with van der Waals surface area (Å²) in [7, 11) is 0. The highest BCUT2D eigenvalue weighted by atomic mass is 16.5. The summed E-state index contributed by atoms with van der Waals surface area (Å²) in [5.74, 6) is 2.03. The third kappa shape index (κ3) is 8.83. The fourth-order valence-electron chi connectivity index (χ4n) is 1.54. The SMILES string of the molecule is CCNC(=NCC(C)C)NCC(O)COCC1CC1. The third-order valence-electron chi connectivity index (χ3n) is 2.82. The van der Waals surface area contributed by atoms with Gasteiger partial charge in [0.25, 0.3) is 0 Å². The van der Waals surface area contributed by atoms with E-state index < -0.39 is 6.10 Å². The van der Waals surface area contributed by atoms with Crippen molar-refractivity contribution >= 4 is 5.96 Å². The van der Waals surface area contributed by atoms with Crippen molar-refractivity contribution in [2.24, 2.45) is 16.8 Å². The number of aliphatic hydroxyl groups excluding tert-OH is 1. The first-order valence-corrected chi connectivity index (χ1v) is 7.39. The number of hydrogen-bond donors (Lipinski definition) is 3. The second-order valence-electron chi connectivity index (χ2n) is 5.63. The molecule has 0 radical (unpaired) electrons. The summed E-state index contributed by atoms with van der Waals surface area (Å²) in [6, 6.07) is 0. The van der Waals surface area contributed by atoms with Gasteiger partial charge in [0.2, 0.25) is 0 Å². The summed E-state index contributed by atoms with van der Waals surface area (Å²) >= 11 is 0. The van der Waals surface area contributed by atoms with Gasteiger partial charge in [0, 0.05) is 26.2 Å². The molecule has 112 valence electrons. The van der Waals surface area contributed by atoms with Crippen molar-refractivity contribution in [2.75, 3.05) is 32.8 Å². The van der Waals surface area contributed by atoms with Crippen LogP contribution in [0.1, 0.15) is 33.6 Å². The molecule has 0 bridgehead atoms. The van der Waals surface area contributed by atoms with Crippen molar-refractivity contribution in [3.05, 3.63) is 0 Å². The van der Waals surface area contributed by atoms with Gasteiger partial charge in [-0.3, -0.25) is 4.99 Å². The number of rotatable bonds is 9. The molecule has 0 aliphatic heterocycles. The molecule has 1 aliphatic carbocycles. The van der Waals surface area contributed by atoms with Crippen LogP contribution in [0.25, 0.3) is 0 Å². The molecule has 1 rings (SSSR count). The van der Waals surface area contributed by atoms with Gasteiger partial charge in [-0.1, -0.05) is 13.8 Å². The van der Waals surface area contributed by atoms with E-state index >= 15 is 0 Å². The summed E-state index contributed by atoms with van der Waals surface area (Å²) < 4.78 is 5.46. The van der Waals surface area contributed by atoms with E-state index in [0.717, 1.165) is 31.6 Å². The monoisotopic (exact) mass is 271 g/mol. The second kappa shape index (κ2) is 9.15. The Labute approximate surface area is 116 Å². The molecular formula is C14H29N3O2. The number of nitrogens with one attached hydrogen (secondary N) is 2. The molecule has 1 atom stereocenters. The van der Waals surface area contributed by atoms with Crippen LogP contribution in [0.15, 0.2) is 4.99 Å². The van der Waals surface area contributed by atoms with E-state index in [1.807, 2.05) is 6.92 Å². The summed E-state index contributed by atoms with van der Waals surface area (Å²) in [6.07, 6.45) is 2.07. The predicted molar refractivity (Wildman–Crippen MR) is 78.4 cm³/mol. The van der Waals surface area contributed by atoms with Gasteiger partial charge >= 0.3 is 0 Å². The van der Waals surface area contributed by atoms with Crippen LogP contribution in [0.4, 0.5) is 0 Å². The van der Waals surface area contributed by atoms with E-state index in [1.165, 1.54) is 12.8 Å². The zero-order chi connectivity index (χ0) is 14.1. The Bertz CT molecular complexity index is 265. The maximum atomic E-state index is 9.81.